The molecular formula is C70H130O6. The van der Waals surface area contributed by atoms with Crippen LogP contribution in [0.5, 0.6) is 0 Å². The Balaban J connectivity index is 4.20. The molecule has 0 N–H and O–H groups in total. The summed E-state index contributed by atoms with van der Waals surface area (Å²) in [6.07, 6.45) is 80.3. The van der Waals surface area contributed by atoms with Crippen LogP contribution in [-0.4, -0.2) is 37.2 Å². The van der Waals surface area contributed by atoms with Gasteiger partial charge in [-0.3, -0.25) is 14.4 Å². The summed E-state index contributed by atoms with van der Waals surface area (Å²) in [4.78, 5) is 38.3. The van der Waals surface area contributed by atoms with Crippen LogP contribution in [-0.2, 0) is 28.6 Å². The average Bonchev–Trinajstić information content (AvgIpc) is 3.42. The molecule has 76 heavy (non-hydrogen) atoms. The van der Waals surface area contributed by atoms with Crippen molar-refractivity contribution in [2.75, 3.05) is 13.2 Å². The third-order valence-electron chi connectivity index (χ3n) is 15.3. The monoisotopic (exact) mass is 1070 g/mol. The zero-order valence-electron chi connectivity index (χ0n) is 51.3. The molecule has 0 spiro atoms. The van der Waals surface area contributed by atoms with Crippen LogP contribution in [0, 0.1) is 0 Å². The largest absolute Gasteiger partial charge is 0.462 e. The van der Waals surface area contributed by atoms with Crippen molar-refractivity contribution in [1.29, 1.82) is 0 Å². The van der Waals surface area contributed by atoms with Crippen molar-refractivity contribution in [3.63, 3.8) is 0 Å². The Bertz CT molecular complexity index is 1270. The summed E-state index contributed by atoms with van der Waals surface area (Å²) in [7, 11) is 0. The van der Waals surface area contributed by atoms with Crippen molar-refractivity contribution in [2.45, 2.75) is 380 Å². The first-order valence-electron chi connectivity index (χ1n) is 34.0. The number of esters is 3. The minimum Gasteiger partial charge on any atom is -0.462 e. The third-order valence-corrected chi connectivity index (χ3v) is 15.3. The second kappa shape index (κ2) is 65.2. The zero-order chi connectivity index (χ0) is 55.0. The number of unbranched alkanes of at least 4 members (excludes halogenated alkanes) is 46. The van der Waals surface area contributed by atoms with Gasteiger partial charge in [0.1, 0.15) is 13.2 Å². The topological polar surface area (TPSA) is 78.9 Å². The lowest BCUT2D eigenvalue weighted by Gasteiger charge is -2.18. The summed E-state index contributed by atoms with van der Waals surface area (Å²) >= 11 is 0. The number of allylic oxidation sites excluding steroid dienone is 6. The van der Waals surface area contributed by atoms with E-state index in [2.05, 4.69) is 57.2 Å². The Morgan fingerprint density at radius 3 is 0.684 bits per heavy atom. The Kier molecular flexibility index (Phi) is 63.1. The van der Waals surface area contributed by atoms with Gasteiger partial charge in [0.2, 0.25) is 0 Å². The van der Waals surface area contributed by atoms with Crippen molar-refractivity contribution in [1.82, 2.24) is 0 Å². The van der Waals surface area contributed by atoms with E-state index in [0.717, 1.165) is 64.2 Å². The highest BCUT2D eigenvalue weighted by Gasteiger charge is 2.19. The van der Waals surface area contributed by atoms with Crippen LogP contribution in [0.1, 0.15) is 374 Å². The molecule has 1 unspecified atom stereocenters. The summed E-state index contributed by atoms with van der Waals surface area (Å²) < 4.78 is 16.9. The van der Waals surface area contributed by atoms with Gasteiger partial charge >= 0.3 is 17.9 Å². The van der Waals surface area contributed by atoms with Crippen LogP contribution in [0.4, 0.5) is 0 Å². The number of rotatable bonds is 63. The van der Waals surface area contributed by atoms with E-state index in [1.165, 1.54) is 270 Å². The molecule has 0 heterocycles. The molecule has 6 heteroatoms. The van der Waals surface area contributed by atoms with Crippen molar-refractivity contribution < 1.29 is 28.6 Å². The summed E-state index contributed by atoms with van der Waals surface area (Å²) in [5.41, 5.74) is 0. The second-order valence-corrected chi connectivity index (χ2v) is 23.1. The molecule has 0 aliphatic heterocycles. The molecular weight excluding hydrogens is 937 g/mol. The lowest BCUT2D eigenvalue weighted by atomic mass is 10.0. The first-order valence-corrected chi connectivity index (χ1v) is 34.0. The number of ether oxygens (including phenoxy) is 3. The first kappa shape index (κ1) is 73.6. The Morgan fingerprint density at radius 1 is 0.250 bits per heavy atom. The second-order valence-electron chi connectivity index (χ2n) is 23.1. The van der Waals surface area contributed by atoms with E-state index in [-0.39, 0.29) is 31.1 Å². The van der Waals surface area contributed by atoms with E-state index in [0.29, 0.717) is 19.3 Å². The van der Waals surface area contributed by atoms with E-state index in [4.69, 9.17) is 14.2 Å². The molecule has 0 bridgehead atoms. The van der Waals surface area contributed by atoms with E-state index < -0.39 is 6.10 Å². The van der Waals surface area contributed by atoms with Gasteiger partial charge in [-0.25, -0.2) is 0 Å². The molecule has 0 rings (SSSR count). The van der Waals surface area contributed by atoms with E-state index >= 15 is 0 Å². The van der Waals surface area contributed by atoms with Crippen LogP contribution < -0.4 is 0 Å². The Hall–Kier alpha value is -2.37. The van der Waals surface area contributed by atoms with Crippen molar-refractivity contribution in [3.8, 4) is 0 Å². The maximum absolute atomic E-state index is 12.9. The highest BCUT2D eigenvalue weighted by atomic mass is 16.6. The molecule has 0 aromatic heterocycles. The van der Waals surface area contributed by atoms with Gasteiger partial charge in [0.25, 0.3) is 0 Å². The van der Waals surface area contributed by atoms with Crippen LogP contribution in [0.15, 0.2) is 36.5 Å². The molecule has 0 fully saturated rings. The molecule has 0 aromatic carbocycles. The SMILES string of the molecule is CCCCC/C=C\CCCCCCCC(=O)OCC(COC(=O)CCCCCCCCCCCCCCCCC/C=C\CCCCCCCCCC)OC(=O)CCCCCCCCCCC/C=C\CCCCCCCC. The van der Waals surface area contributed by atoms with Crippen LogP contribution >= 0.6 is 0 Å². The molecule has 0 aliphatic rings. The lowest BCUT2D eigenvalue weighted by Crippen LogP contribution is -2.30. The van der Waals surface area contributed by atoms with E-state index in [1.807, 2.05) is 0 Å². The average molecular weight is 1070 g/mol. The maximum atomic E-state index is 12.9. The first-order chi connectivity index (χ1) is 37.5. The van der Waals surface area contributed by atoms with E-state index in [9.17, 15) is 14.4 Å². The predicted octanol–water partition coefficient (Wildman–Crippen LogP) is 23.2. The van der Waals surface area contributed by atoms with E-state index in [1.54, 1.807) is 0 Å². The number of hydrogen-bond donors (Lipinski definition) is 0. The normalized spacial score (nSPS) is 12.2. The summed E-state index contributed by atoms with van der Waals surface area (Å²) in [5.74, 6) is -0.860. The molecule has 6 nitrogen and oxygen atoms in total. The van der Waals surface area contributed by atoms with Gasteiger partial charge in [0, 0.05) is 19.3 Å². The number of carbonyl (C=O) groups is 3. The van der Waals surface area contributed by atoms with Gasteiger partial charge in [0.15, 0.2) is 6.10 Å². The fraction of sp³-hybridized carbons (Fsp3) is 0.871. The molecule has 0 amide bonds. The minimum absolute atomic E-state index is 0.0717. The number of hydrogen-bond acceptors (Lipinski definition) is 6. The number of carbonyl (C=O) groups excluding carboxylic acids is 3. The molecule has 0 saturated heterocycles. The van der Waals surface area contributed by atoms with Gasteiger partial charge in [0.05, 0.1) is 0 Å². The highest BCUT2D eigenvalue weighted by Crippen LogP contribution is 2.18. The van der Waals surface area contributed by atoms with Crippen molar-refractivity contribution >= 4 is 17.9 Å². The Labute approximate surface area is 474 Å². The fourth-order valence-corrected chi connectivity index (χ4v) is 10.2. The van der Waals surface area contributed by atoms with Crippen LogP contribution in [0.2, 0.25) is 0 Å². The van der Waals surface area contributed by atoms with Gasteiger partial charge in [-0.1, -0.05) is 295 Å². The highest BCUT2D eigenvalue weighted by molar-refractivity contribution is 5.71. The van der Waals surface area contributed by atoms with Crippen molar-refractivity contribution in [3.05, 3.63) is 36.5 Å². The summed E-state index contributed by atoms with van der Waals surface area (Å²) in [6.45, 7) is 6.66. The maximum Gasteiger partial charge on any atom is 0.306 e. The molecule has 0 radical (unpaired) electrons. The minimum atomic E-state index is -0.775. The fourth-order valence-electron chi connectivity index (χ4n) is 10.2. The third kappa shape index (κ3) is 62.5. The molecule has 0 aromatic rings. The van der Waals surface area contributed by atoms with Gasteiger partial charge in [-0.05, 0) is 96.3 Å². The van der Waals surface area contributed by atoms with Gasteiger partial charge in [-0.15, -0.1) is 0 Å². The zero-order valence-corrected chi connectivity index (χ0v) is 51.3. The predicted molar refractivity (Wildman–Crippen MR) is 330 cm³/mol. The molecule has 0 saturated carbocycles. The standard InChI is InChI=1S/C70H130O6/c1-4-7-10-13-16-19-22-25-27-29-31-32-33-34-35-36-37-38-40-41-43-45-48-51-54-57-60-63-69(72)75-66-67(65-74-68(71)62-59-56-53-50-47-24-21-18-15-12-9-6-3)76-70(73)64-61-58-55-52-49-46-44-42-39-30-28-26-23-20-17-14-11-8-5-2/h18,21,26,28-29,31,67H,4-17,19-20,22-25,27,30,32-66H2,1-3H3/b21-18-,28-26-,31-29-. The van der Waals surface area contributed by atoms with Gasteiger partial charge in [-0.2, -0.15) is 0 Å². The molecule has 1 atom stereocenters. The summed E-state index contributed by atoms with van der Waals surface area (Å²) in [6, 6.07) is 0. The Morgan fingerprint density at radius 2 is 0.434 bits per heavy atom. The van der Waals surface area contributed by atoms with Crippen LogP contribution in [0.3, 0.4) is 0 Å². The summed E-state index contributed by atoms with van der Waals surface area (Å²) in [5, 5.41) is 0. The van der Waals surface area contributed by atoms with Gasteiger partial charge < -0.3 is 14.2 Å². The quantitative estimate of drug-likeness (QED) is 0.0261. The molecule has 446 valence electrons. The molecule has 0 aliphatic carbocycles. The van der Waals surface area contributed by atoms with Crippen LogP contribution in [0.25, 0.3) is 0 Å². The smallest absolute Gasteiger partial charge is 0.306 e. The lowest BCUT2D eigenvalue weighted by molar-refractivity contribution is -0.167. The van der Waals surface area contributed by atoms with Crippen molar-refractivity contribution in [2.24, 2.45) is 0 Å².